The molecule has 1 N–H and O–H groups in total. The van der Waals surface area contributed by atoms with Gasteiger partial charge in [-0.3, -0.25) is 0 Å². The first kappa shape index (κ1) is 6.49. The van der Waals surface area contributed by atoms with E-state index in [2.05, 4.69) is 10.2 Å². The van der Waals surface area contributed by atoms with Crippen molar-refractivity contribution in [1.29, 1.82) is 0 Å². The van der Waals surface area contributed by atoms with E-state index in [1.807, 2.05) is 24.3 Å². The highest BCUT2D eigenvalue weighted by atomic mass is 15.2. The first-order chi connectivity index (χ1) is 6.36. The van der Waals surface area contributed by atoms with Crippen molar-refractivity contribution in [2.24, 2.45) is 0 Å². The number of piperazine rings is 1. The Morgan fingerprint density at radius 3 is 2.58 bits per heavy atom. The Morgan fingerprint density at radius 2 is 1.92 bits per heavy atom. The van der Waals surface area contributed by atoms with Crippen molar-refractivity contribution >= 4 is 5.69 Å². The fourth-order valence-electron chi connectivity index (χ4n) is 1.51. The zero-order chi connectivity index (χ0) is 9.10. The second kappa shape index (κ2) is 3.59. The number of rotatable bonds is 1. The normalized spacial score (nSPS) is 19.0. The van der Waals surface area contributed by atoms with Crippen LogP contribution in [0.2, 0.25) is 0 Å². The second-order valence-corrected chi connectivity index (χ2v) is 3.00. The van der Waals surface area contributed by atoms with Crippen molar-refractivity contribution in [3.05, 3.63) is 30.3 Å². The zero-order valence-electron chi connectivity index (χ0n) is 8.09. The first-order valence-electron chi connectivity index (χ1n) is 4.88. The van der Waals surface area contributed by atoms with E-state index < -0.39 is 0 Å². The van der Waals surface area contributed by atoms with Crippen molar-refractivity contribution in [2.75, 3.05) is 31.1 Å². The van der Waals surface area contributed by atoms with Gasteiger partial charge in [0.05, 0.1) is 1.37 Å². The van der Waals surface area contributed by atoms with E-state index in [4.69, 9.17) is 1.37 Å². The van der Waals surface area contributed by atoms with Crippen molar-refractivity contribution in [2.45, 2.75) is 0 Å². The van der Waals surface area contributed by atoms with E-state index >= 15 is 0 Å². The summed E-state index contributed by atoms with van der Waals surface area (Å²) in [4.78, 5) is 2.34. The van der Waals surface area contributed by atoms with Gasteiger partial charge in [0.2, 0.25) is 0 Å². The molecule has 0 bridgehead atoms. The third-order valence-corrected chi connectivity index (χ3v) is 2.18. The number of nitrogens with zero attached hydrogens (tertiary/aromatic N) is 1. The number of anilines is 1. The highest BCUT2D eigenvalue weighted by Crippen LogP contribution is 2.12. The zero-order valence-corrected chi connectivity index (χ0v) is 7.09. The molecule has 0 unspecified atom stereocenters. The molecule has 0 aromatic heterocycles. The van der Waals surface area contributed by atoms with Gasteiger partial charge in [-0.25, -0.2) is 0 Å². The minimum absolute atomic E-state index is 0.582. The van der Waals surface area contributed by atoms with Crippen LogP contribution in [0.15, 0.2) is 30.3 Å². The quantitative estimate of drug-likeness (QED) is 0.668. The smallest absolute Gasteiger partial charge is 0.0623 e. The summed E-state index contributed by atoms with van der Waals surface area (Å²) in [6.07, 6.45) is 0. The molecule has 0 radical (unpaired) electrons. The predicted octanol–water partition coefficient (Wildman–Crippen LogP) is 1.10. The molecule has 0 spiro atoms. The number of nitrogens with one attached hydrogen (secondary N) is 1. The molecule has 1 aliphatic rings. The molecular formula is C10H14N2. The summed E-state index contributed by atoms with van der Waals surface area (Å²) < 4.78 is 7.37. The van der Waals surface area contributed by atoms with E-state index in [1.165, 1.54) is 5.69 Å². The molecular weight excluding hydrogens is 148 g/mol. The van der Waals surface area contributed by atoms with Gasteiger partial charge in [0.1, 0.15) is 0 Å². The highest BCUT2D eigenvalue weighted by Gasteiger charge is 2.08. The minimum Gasteiger partial charge on any atom is -0.369 e. The second-order valence-electron chi connectivity index (χ2n) is 3.00. The Kier molecular flexibility index (Phi) is 1.94. The highest BCUT2D eigenvalue weighted by molar-refractivity contribution is 5.46. The molecule has 2 heteroatoms. The predicted molar refractivity (Wildman–Crippen MR) is 51.5 cm³/mol. The van der Waals surface area contributed by atoms with E-state index in [-0.39, 0.29) is 0 Å². The summed E-state index contributed by atoms with van der Waals surface area (Å²) in [7, 11) is 0. The van der Waals surface area contributed by atoms with Crippen molar-refractivity contribution in [1.82, 2.24) is 5.32 Å². The molecule has 2 nitrogen and oxygen atoms in total. The van der Waals surface area contributed by atoms with E-state index in [0.29, 0.717) is 6.04 Å². The molecule has 2 rings (SSSR count). The maximum atomic E-state index is 7.37. The third-order valence-electron chi connectivity index (χ3n) is 2.18. The van der Waals surface area contributed by atoms with Crippen molar-refractivity contribution in [3.8, 4) is 0 Å². The largest absolute Gasteiger partial charge is 0.369 e. The summed E-state index contributed by atoms with van der Waals surface area (Å²) in [5.41, 5.74) is 1.23. The van der Waals surface area contributed by atoms with Gasteiger partial charge in [-0.05, 0) is 12.1 Å². The number of benzene rings is 1. The van der Waals surface area contributed by atoms with Crippen LogP contribution in [0.1, 0.15) is 1.37 Å². The average molecular weight is 164 g/mol. The standard InChI is InChI=1S/C10H14N2/c1-2-4-10(5-3-1)12-8-6-11-7-9-12/h1-5,11H,6-9H2/i1T. The molecule has 0 saturated carbocycles. The molecule has 1 heterocycles. The van der Waals surface area contributed by atoms with Gasteiger partial charge < -0.3 is 10.2 Å². The Morgan fingerprint density at radius 1 is 1.25 bits per heavy atom. The van der Waals surface area contributed by atoms with Gasteiger partial charge in [-0.15, -0.1) is 0 Å². The van der Waals surface area contributed by atoms with Gasteiger partial charge in [0, 0.05) is 31.9 Å². The molecule has 1 saturated heterocycles. The fraction of sp³-hybridized carbons (Fsp3) is 0.400. The molecule has 1 aliphatic heterocycles. The Labute approximate surface area is 74.6 Å². The first-order valence-corrected chi connectivity index (χ1v) is 4.38. The van der Waals surface area contributed by atoms with Crippen molar-refractivity contribution < 1.29 is 1.37 Å². The number of hydrogen-bond donors (Lipinski definition) is 1. The van der Waals surface area contributed by atoms with Crippen LogP contribution < -0.4 is 10.2 Å². The van der Waals surface area contributed by atoms with Gasteiger partial charge >= 0.3 is 0 Å². The van der Waals surface area contributed by atoms with Crippen LogP contribution in [-0.2, 0) is 0 Å². The summed E-state index contributed by atoms with van der Waals surface area (Å²) in [5, 5.41) is 3.32. The summed E-state index contributed by atoms with van der Waals surface area (Å²) in [6, 6.07) is 8.31. The molecule has 0 atom stereocenters. The topological polar surface area (TPSA) is 15.3 Å². The van der Waals surface area contributed by atoms with Crippen LogP contribution in [-0.4, -0.2) is 26.2 Å². The van der Waals surface area contributed by atoms with Gasteiger partial charge in [-0.1, -0.05) is 18.2 Å². The Hall–Kier alpha value is -1.02. The van der Waals surface area contributed by atoms with E-state index in [1.54, 1.807) is 0 Å². The van der Waals surface area contributed by atoms with Gasteiger partial charge in [0.25, 0.3) is 0 Å². The fourth-order valence-corrected chi connectivity index (χ4v) is 1.51. The molecule has 0 amide bonds. The van der Waals surface area contributed by atoms with E-state index in [0.717, 1.165) is 26.2 Å². The molecule has 1 fully saturated rings. The minimum atomic E-state index is 0.582. The Bertz CT molecular complexity index is 265. The molecule has 12 heavy (non-hydrogen) atoms. The number of para-hydroxylation sites is 1. The van der Waals surface area contributed by atoms with Crippen LogP contribution >= 0.6 is 0 Å². The van der Waals surface area contributed by atoms with Crippen LogP contribution in [0.5, 0.6) is 0 Å². The lowest BCUT2D eigenvalue weighted by atomic mass is 10.2. The monoisotopic (exact) mass is 164 g/mol. The third kappa shape index (κ3) is 1.59. The SMILES string of the molecule is [3H]c1ccc(N2CCNCC2)cc1. The molecule has 1 aromatic carbocycles. The maximum absolute atomic E-state index is 7.37. The maximum Gasteiger partial charge on any atom is 0.0623 e. The van der Waals surface area contributed by atoms with E-state index in [9.17, 15) is 0 Å². The van der Waals surface area contributed by atoms with Crippen LogP contribution in [0.4, 0.5) is 5.69 Å². The van der Waals surface area contributed by atoms with Gasteiger partial charge in [-0.2, -0.15) is 0 Å². The molecule has 0 aliphatic carbocycles. The molecule has 64 valence electrons. The van der Waals surface area contributed by atoms with Crippen molar-refractivity contribution in [3.63, 3.8) is 0 Å². The number of hydrogen-bond acceptors (Lipinski definition) is 2. The summed E-state index contributed by atoms with van der Waals surface area (Å²) in [6.45, 7) is 4.25. The van der Waals surface area contributed by atoms with Gasteiger partial charge in [0.15, 0.2) is 0 Å². The van der Waals surface area contributed by atoms with Crippen LogP contribution in [0.25, 0.3) is 0 Å². The average Bonchev–Trinajstić information content (AvgIpc) is 2.20. The molecule has 1 aromatic rings. The lowest BCUT2D eigenvalue weighted by molar-refractivity contribution is 0.589. The lowest BCUT2D eigenvalue weighted by Crippen LogP contribution is -2.43. The Balaban J connectivity index is 2.10. The van der Waals surface area contributed by atoms with Crippen LogP contribution in [0.3, 0.4) is 0 Å². The summed E-state index contributed by atoms with van der Waals surface area (Å²) >= 11 is 0. The van der Waals surface area contributed by atoms with Crippen LogP contribution in [0, 0.1) is 0 Å². The summed E-state index contributed by atoms with van der Waals surface area (Å²) in [5.74, 6) is 0. The lowest BCUT2D eigenvalue weighted by Gasteiger charge is -2.29.